The molecule has 102 valence electrons. The molecule has 2 aromatic heterocycles. The van der Waals surface area contributed by atoms with E-state index in [-0.39, 0.29) is 6.04 Å². The lowest BCUT2D eigenvalue weighted by Gasteiger charge is -2.12. The van der Waals surface area contributed by atoms with Crippen molar-refractivity contribution in [3.63, 3.8) is 0 Å². The topological polar surface area (TPSA) is 37.8 Å². The zero-order valence-electron chi connectivity index (χ0n) is 11.6. The van der Waals surface area contributed by atoms with Crippen LogP contribution in [0.1, 0.15) is 28.4 Å². The van der Waals surface area contributed by atoms with E-state index in [2.05, 4.69) is 47.3 Å². The molecule has 0 aliphatic rings. The van der Waals surface area contributed by atoms with Crippen LogP contribution in [0.4, 0.5) is 0 Å². The average molecular weight is 283 g/mol. The maximum Gasteiger partial charge on any atom is 0.109 e. The molecule has 0 fully saturated rings. The minimum atomic E-state index is 0.264. The molecule has 2 heterocycles. The molecule has 3 aromatic rings. The van der Waals surface area contributed by atoms with Gasteiger partial charge in [-0.1, -0.05) is 18.2 Å². The van der Waals surface area contributed by atoms with Crippen molar-refractivity contribution in [1.29, 1.82) is 0 Å². The van der Waals surface area contributed by atoms with Crippen molar-refractivity contribution >= 4 is 22.2 Å². The Labute approximate surface area is 122 Å². The summed E-state index contributed by atoms with van der Waals surface area (Å²) in [5, 5.41) is 5.89. The molecule has 0 spiro atoms. The summed E-state index contributed by atoms with van der Waals surface area (Å²) in [7, 11) is 0. The molecule has 1 unspecified atom stereocenters. The Morgan fingerprint density at radius 1 is 1.20 bits per heavy atom. The fraction of sp³-hybridized carbons (Fsp3) is 0.250. The summed E-state index contributed by atoms with van der Waals surface area (Å²) >= 11 is 1.75. The summed E-state index contributed by atoms with van der Waals surface area (Å²) in [6.07, 6.45) is 3.80. The lowest BCUT2D eigenvalue weighted by atomic mass is 10.1. The van der Waals surface area contributed by atoms with E-state index in [0.29, 0.717) is 0 Å². The molecule has 3 nitrogen and oxygen atoms in total. The van der Waals surface area contributed by atoms with E-state index in [1.807, 2.05) is 24.5 Å². The third-order valence-corrected chi connectivity index (χ3v) is 4.44. The van der Waals surface area contributed by atoms with Gasteiger partial charge >= 0.3 is 0 Å². The summed E-state index contributed by atoms with van der Waals surface area (Å²) in [4.78, 5) is 10.1. The second-order valence-electron chi connectivity index (χ2n) is 4.90. The molecule has 0 radical (unpaired) electrons. The van der Waals surface area contributed by atoms with Gasteiger partial charge in [-0.2, -0.15) is 0 Å². The lowest BCUT2D eigenvalue weighted by Crippen LogP contribution is -2.18. The quantitative estimate of drug-likeness (QED) is 0.790. The van der Waals surface area contributed by atoms with Crippen LogP contribution >= 0.6 is 11.3 Å². The largest absolute Gasteiger partial charge is 0.304 e. The highest BCUT2D eigenvalue weighted by Crippen LogP contribution is 2.21. The smallest absolute Gasteiger partial charge is 0.109 e. The summed E-state index contributed by atoms with van der Waals surface area (Å²) in [5.41, 5.74) is 2.32. The van der Waals surface area contributed by atoms with Gasteiger partial charge in [-0.25, -0.2) is 4.98 Å². The van der Waals surface area contributed by atoms with Gasteiger partial charge in [0.2, 0.25) is 0 Å². The highest BCUT2D eigenvalue weighted by molar-refractivity contribution is 7.11. The van der Waals surface area contributed by atoms with Crippen LogP contribution in [0.3, 0.4) is 0 Å². The van der Waals surface area contributed by atoms with E-state index in [4.69, 9.17) is 0 Å². The van der Waals surface area contributed by atoms with Crippen LogP contribution in [0.25, 0.3) is 10.9 Å². The molecule has 4 heteroatoms. The van der Waals surface area contributed by atoms with Gasteiger partial charge in [0.25, 0.3) is 0 Å². The SMILES string of the molecule is Cc1cnc(C(C)NCc2ccnc3ccccc23)s1. The van der Waals surface area contributed by atoms with E-state index in [1.54, 1.807) is 11.3 Å². The second kappa shape index (κ2) is 5.69. The first kappa shape index (κ1) is 13.2. The van der Waals surface area contributed by atoms with E-state index in [9.17, 15) is 0 Å². The van der Waals surface area contributed by atoms with Gasteiger partial charge in [-0.3, -0.25) is 4.98 Å². The first-order valence-corrected chi connectivity index (χ1v) is 7.54. The van der Waals surface area contributed by atoms with Crippen LogP contribution in [0.15, 0.2) is 42.7 Å². The molecule has 20 heavy (non-hydrogen) atoms. The molecular formula is C16H17N3S. The second-order valence-corrected chi connectivity index (χ2v) is 6.17. The lowest BCUT2D eigenvalue weighted by molar-refractivity contribution is 0.573. The maximum atomic E-state index is 4.43. The van der Waals surface area contributed by atoms with Gasteiger partial charge in [-0.05, 0) is 31.5 Å². The Kier molecular flexibility index (Phi) is 3.76. The normalized spacial score (nSPS) is 12.7. The number of benzene rings is 1. The highest BCUT2D eigenvalue weighted by Gasteiger charge is 2.09. The molecule has 0 aliphatic heterocycles. The van der Waals surface area contributed by atoms with Crippen molar-refractivity contribution in [3.05, 3.63) is 58.2 Å². The fourth-order valence-corrected chi connectivity index (χ4v) is 3.03. The zero-order chi connectivity index (χ0) is 13.9. The number of aryl methyl sites for hydroxylation is 1. The molecule has 3 rings (SSSR count). The van der Waals surface area contributed by atoms with Crippen molar-refractivity contribution in [1.82, 2.24) is 15.3 Å². The number of fused-ring (bicyclic) bond motifs is 1. The summed E-state index contributed by atoms with van der Waals surface area (Å²) < 4.78 is 0. The van der Waals surface area contributed by atoms with Crippen LogP contribution in [0.2, 0.25) is 0 Å². The van der Waals surface area contributed by atoms with E-state index in [0.717, 1.165) is 17.1 Å². The third kappa shape index (κ3) is 2.71. The predicted octanol–water partition coefficient (Wildman–Crippen LogP) is 3.85. The monoisotopic (exact) mass is 283 g/mol. The number of hydrogen-bond donors (Lipinski definition) is 1. The van der Waals surface area contributed by atoms with Crippen molar-refractivity contribution in [2.75, 3.05) is 0 Å². The first-order chi connectivity index (χ1) is 9.74. The van der Waals surface area contributed by atoms with E-state index >= 15 is 0 Å². The average Bonchev–Trinajstić information content (AvgIpc) is 2.91. The van der Waals surface area contributed by atoms with Crippen LogP contribution < -0.4 is 5.32 Å². The Bertz CT molecular complexity index is 715. The number of nitrogens with zero attached hydrogens (tertiary/aromatic N) is 2. The summed E-state index contributed by atoms with van der Waals surface area (Å²) in [5.74, 6) is 0. The predicted molar refractivity (Wildman–Crippen MR) is 83.8 cm³/mol. The van der Waals surface area contributed by atoms with Gasteiger partial charge in [-0.15, -0.1) is 11.3 Å². The van der Waals surface area contributed by atoms with Crippen LogP contribution in [-0.4, -0.2) is 9.97 Å². The molecular weight excluding hydrogens is 266 g/mol. The zero-order valence-corrected chi connectivity index (χ0v) is 12.4. The molecule has 0 amide bonds. The minimum Gasteiger partial charge on any atom is -0.304 e. The van der Waals surface area contributed by atoms with Gasteiger partial charge in [0.05, 0.1) is 11.6 Å². The Morgan fingerprint density at radius 3 is 2.85 bits per heavy atom. The number of thiazole rings is 1. The van der Waals surface area contributed by atoms with Crippen molar-refractivity contribution in [2.45, 2.75) is 26.4 Å². The van der Waals surface area contributed by atoms with E-state index < -0.39 is 0 Å². The fourth-order valence-electron chi connectivity index (χ4n) is 2.23. The van der Waals surface area contributed by atoms with Crippen LogP contribution in [-0.2, 0) is 6.54 Å². The number of pyridine rings is 1. The maximum absolute atomic E-state index is 4.43. The van der Waals surface area contributed by atoms with Crippen LogP contribution in [0.5, 0.6) is 0 Å². The summed E-state index contributed by atoms with van der Waals surface area (Å²) in [6.45, 7) is 5.06. The van der Waals surface area contributed by atoms with Gasteiger partial charge in [0.1, 0.15) is 5.01 Å². The van der Waals surface area contributed by atoms with Crippen molar-refractivity contribution in [2.24, 2.45) is 0 Å². The Morgan fingerprint density at radius 2 is 2.05 bits per heavy atom. The Balaban J connectivity index is 1.77. The first-order valence-electron chi connectivity index (χ1n) is 6.72. The van der Waals surface area contributed by atoms with Gasteiger partial charge in [0.15, 0.2) is 0 Å². The molecule has 0 bridgehead atoms. The third-order valence-electron chi connectivity index (χ3n) is 3.35. The molecule has 1 aromatic carbocycles. The number of hydrogen-bond acceptors (Lipinski definition) is 4. The van der Waals surface area contributed by atoms with Crippen molar-refractivity contribution < 1.29 is 0 Å². The molecule has 0 saturated heterocycles. The number of nitrogens with one attached hydrogen (secondary N) is 1. The summed E-state index contributed by atoms with van der Waals surface area (Å²) in [6, 6.07) is 10.6. The number of aromatic nitrogens is 2. The molecule has 0 saturated carbocycles. The molecule has 0 aliphatic carbocycles. The van der Waals surface area contributed by atoms with Gasteiger partial charge in [0, 0.05) is 29.2 Å². The van der Waals surface area contributed by atoms with Crippen molar-refractivity contribution in [3.8, 4) is 0 Å². The number of rotatable bonds is 4. The molecule has 1 atom stereocenters. The van der Waals surface area contributed by atoms with E-state index in [1.165, 1.54) is 15.8 Å². The van der Waals surface area contributed by atoms with Crippen LogP contribution in [0, 0.1) is 6.92 Å². The number of para-hydroxylation sites is 1. The Hall–Kier alpha value is -1.78. The standard InChI is InChI=1S/C16H17N3S/c1-11-9-19-16(20-11)12(2)18-10-13-7-8-17-15-6-4-3-5-14(13)15/h3-9,12,18H,10H2,1-2H3. The minimum absolute atomic E-state index is 0.264. The highest BCUT2D eigenvalue weighted by atomic mass is 32.1. The van der Waals surface area contributed by atoms with Gasteiger partial charge < -0.3 is 5.32 Å². The molecule has 1 N–H and O–H groups in total.